The van der Waals surface area contributed by atoms with Gasteiger partial charge < -0.3 is 5.32 Å². The Morgan fingerprint density at radius 1 is 1.07 bits per heavy atom. The summed E-state index contributed by atoms with van der Waals surface area (Å²) in [6.07, 6.45) is 3.27. The van der Waals surface area contributed by atoms with Gasteiger partial charge in [-0.15, -0.1) is 11.8 Å². The SMILES string of the molecule is CCSC1=C(c2ccc(NC(C)=O)cc2)C(=O)N(Cc2ccncc2)C1=O. The minimum absolute atomic E-state index is 0.167. The van der Waals surface area contributed by atoms with E-state index in [1.165, 1.54) is 23.6 Å². The fourth-order valence-corrected chi connectivity index (χ4v) is 3.70. The van der Waals surface area contributed by atoms with Crippen molar-refractivity contribution in [2.75, 3.05) is 11.1 Å². The zero-order valence-corrected chi connectivity index (χ0v) is 15.9. The molecule has 1 aliphatic heterocycles. The smallest absolute Gasteiger partial charge is 0.268 e. The van der Waals surface area contributed by atoms with Gasteiger partial charge in [0.2, 0.25) is 5.91 Å². The molecule has 0 unspecified atom stereocenters. The maximum atomic E-state index is 13.0. The van der Waals surface area contributed by atoms with E-state index in [0.717, 1.165) is 5.56 Å². The first kappa shape index (κ1) is 18.8. The topological polar surface area (TPSA) is 79.4 Å². The van der Waals surface area contributed by atoms with Gasteiger partial charge in [-0.25, -0.2) is 0 Å². The molecule has 3 amide bonds. The molecular weight excluding hydrogens is 362 g/mol. The largest absolute Gasteiger partial charge is 0.326 e. The van der Waals surface area contributed by atoms with Crippen LogP contribution in [0.1, 0.15) is 25.0 Å². The number of pyridine rings is 1. The highest BCUT2D eigenvalue weighted by Gasteiger charge is 2.38. The molecule has 0 saturated carbocycles. The van der Waals surface area contributed by atoms with E-state index in [-0.39, 0.29) is 24.3 Å². The molecule has 1 aromatic heterocycles. The van der Waals surface area contributed by atoms with Crippen LogP contribution in [0.4, 0.5) is 5.69 Å². The normalized spacial score (nSPS) is 14.1. The van der Waals surface area contributed by atoms with E-state index in [1.807, 2.05) is 6.92 Å². The number of aromatic nitrogens is 1. The molecule has 6 nitrogen and oxygen atoms in total. The van der Waals surface area contributed by atoms with Crippen LogP contribution in [-0.2, 0) is 20.9 Å². The summed E-state index contributed by atoms with van der Waals surface area (Å²) in [5.41, 5.74) is 2.56. The van der Waals surface area contributed by atoms with E-state index in [1.54, 1.807) is 48.8 Å². The van der Waals surface area contributed by atoms with Gasteiger partial charge in [0.15, 0.2) is 0 Å². The molecule has 3 rings (SSSR count). The van der Waals surface area contributed by atoms with E-state index in [4.69, 9.17) is 0 Å². The Morgan fingerprint density at radius 3 is 2.33 bits per heavy atom. The molecule has 0 aliphatic carbocycles. The third kappa shape index (κ3) is 4.09. The number of benzene rings is 1. The van der Waals surface area contributed by atoms with Gasteiger partial charge >= 0.3 is 0 Å². The van der Waals surface area contributed by atoms with E-state index in [0.29, 0.717) is 27.5 Å². The molecule has 0 fully saturated rings. The van der Waals surface area contributed by atoms with Gasteiger partial charge in [0.1, 0.15) is 0 Å². The van der Waals surface area contributed by atoms with Crippen molar-refractivity contribution in [2.45, 2.75) is 20.4 Å². The Kier molecular flexibility index (Phi) is 5.71. The average Bonchev–Trinajstić information content (AvgIpc) is 2.88. The minimum atomic E-state index is -0.306. The van der Waals surface area contributed by atoms with Crippen molar-refractivity contribution < 1.29 is 14.4 Å². The maximum absolute atomic E-state index is 13.0. The second-order valence-electron chi connectivity index (χ2n) is 5.95. The van der Waals surface area contributed by atoms with Crippen LogP contribution in [0.2, 0.25) is 0 Å². The van der Waals surface area contributed by atoms with Gasteiger partial charge in [-0.1, -0.05) is 19.1 Å². The zero-order valence-electron chi connectivity index (χ0n) is 15.1. The number of thioether (sulfide) groups is 1. The first-order chi connectivity index (χ1) is 13.0. The molecule has 0 bridgehead atoms. The van der Waals surface area contributed by atoms with Crippen LogP contribution >= 0.6 is 11.8 Å². The number of carbonyl (C=O) groups excluding carboxylic acids is 3. The number of rotatable bonds is 6. The number of imide groups is 1. The van der Waals surface area contributed by atoms with Crippen molar-refractivity contribution in [3.8, 4) is 0 Å². The minimum Gasteiger partial charge on any atom is -0.326 e. The van der Waals surface area contributed by atoms with Crippen LogP contribution in [0.3, 0.4) is 0 Å². The highest BCUT2D eigenvalue weighted by molar-refractivity contribution is 8.04. The molecule has 0 atom stereocenters. The third-order valence-corrected chi connectivity index (χ3v) is 4.95. The Hall–Kier alpha value is -2.93. The predicted molar refractivity (Wildman–Crippen MR) is 106 cm³/mol. The second-order valence-corrected chi connectivity index (χ2v) is 7.22. The molecule has 1 aliphatic rings. The molecule has 2 heterocycles. The molecule has 2 aromatic rings. The van der Waals surface area contributed by atoms with Crippen molar-refractivity contribution in [1.29, 1.82) is 0 Å². The van der Waals surface area contributed by atoms with Crippen LogP contribution in [0, 0.1) is 0 Å². The Labute approximate surface area is 161 Å². The Balaban J connectivity index is 1.92. The van der Waals surface area contributed by atoms with Gasteiger partial charge in [0.05, 0.1) is 17.0 Å². The van der Waals surface area contributed by atoms with Gasteiger partial charge in [-0.2, -0.15) is 0 Å². The number of anilines is 1. The second kappa shape index (κ2) is 8.18. The highest BCUT2D eigenvalue weighted by atomic mass is 32.2. The van der Waals surface area contributed by atoms with Crippen LogP contribution in [0.15, 0.2) is 53.7 Å². The lowest BCUT2D eigenvalue weighted by molar-refractivity contribution is -0.137. The summed E-state index contributed by atoms with van der Waals surface area (Å²) in [7, 11) is 0. The van der Waals surface area contributed by atoms with E-state index in [9.17, 15) is 14.4 Å². The fourth-order valence-electron chi connectivity index (χ4n) is 2.82. The van der Waals surface area contributed by atoms with Crippen LogP contribution in [-0.4, -0.2) is 33.4 Å². The number of hydrogen-bond donors (Lipinski definition) is 1. The van der Waals surface area contributed by atoms with Crippen LogP contribution < -0.4 is 5.32 Å². The molecule has 138 valence electrons. The molecule has 1 aromatic carbocycles. The Morgan fingerprint density at radius 2 is 1.74 bits per heavy atom. The third-order valence-electron chi connectivity index (χ3n) is 4.00. The number of nitrogens with one attached hydrogen (secondary N) is 1. The number of nitrogens with zero attached hydrogens (tertiary/aromatic N) is 2. The molecule has 0 spiro atoms. The summed E-state index contributed by atoms with van der Waals surface area (Å²) in [6, 6.07) is 10.5. The summed E-state index contributed by atoms with van der Waals surface area (Å²) in [5, 5.41) is 2.69. The Bertz CT molecular complexity index is 908. The van der Waals surface area contributed by atoms with Crippen molar-refractivity contribution in [3.63, 3.8) is 0 Å². The summed E-state index contributed by atoms with van der Waals surface area (Å²) in [6.45, 7) is 3.59. The zero-order chi connectivity index (χ0) is 19.4. The summed E-state index contributed by atoms with van der Waals surface area (Å²) < 4.78 is 0. The number of amides is 3. The van der Waals surface area contributed by atoms with E-state index in [2.05, 4.69) is 10.3 Å². The van der Waals surface area contributed by atoms with Crippen LogP contribution in [0.5, 0.6) is 0 Å². The lowest BCUT2D eigenvalue weighted by Crippen LogP contribution is -2.30. The predicted octanol–water partition coefficient (Wildman–Crippen LogP) is 3.07. The fraction of sp³-hybridized carbons (Fsp3) is 0.200. The first-order valence-electron chi connectivity index (χ1n) is 8.51. The van der Waals surface area contributed by atoms with Gasteiger partial charge in [-0.3, -0.25) is 24.3 Å². The number of carbonyl (C=O) groups is 3. The van der Waals surface area contributed by atoms with E-state index >= 15 is 0 Å². The van der Waals surface area contributed by atoms with Gasteiger partial charge in [0.25, 0.3) is 11.8 Å². The van der Waals surface area contributed by atoms with Gasteiger partial charge in [0, 0.05) is 25.0 Å². The standard InChI is InChI=1S/C20H19N3O3S/c1-3-27-18-17(15-4-6-16(7-5-15)22-13(2)24)19(25)23(20(18)26)12-14-8-10-21-11-9-14/h4-11H,3,12H2,1-2H3,(H,22,24). The summed E-state index contributed by atoms with van der Waals surface area (Å²) in [4.78, 5) is 42.7. The number of hydrogen-bond acceptors (Lipinski definition) is 5. The van der Waals surface area contributed by atoms with Crippen LogP contribution in [0.25, 0.3) is 5.57 Å². The average molecular weight is 381 g/mol. The molecule has 0 saturated heterocycles. The quantitative estimate of drug-likeness (QED) is 0.778. The summed E-state index contributed by atoms with van der Waals surface area (Å²) in [5.74, 6) is -0.0604. The van der Waals surface area contributed by atoms with Crippen molar-refractivity contribution in [1.82, 2.24) is 9.88 Å². The monoisotopic (exact) mass is 381 g/mol. The van der Waals surface area contributed by atoms with Gasteiger partial charge in [-0.05, 0) is 41.1 Å². The van der Waals surface area contributed by atoms with Crippen molar-refractivity contribution in [2.24, 2.45) is 0 Å². The molecule has 1 N–H and O–H groups in total. The van der Waals surface area contributed by atoms with Crippen molar-refractivity contribution in [3.05, 3.63) is 64.8 Å². The van der Waals surface area contributed by atoms with Crippen molar-refractivity contribution >= 4 is 40.7 Å². The highest BCUT2D eigenvalue weighted by Crippen LogP contribution is 2.36. The van der Waals surface area contributed by atoms with E-state index < -0.39 is 0 Å². The molecule has 27 heavy (non-hydrogen) atoms. The maximum Gasteiger partial charge on any atom is 0.268 e. The lowest BCUT2D eigenvalue weighted by atomic mass is 10.1. The first-order valence-corrected chi connectivity index (χ1v) is 9.50. The summed E-state index contributed by atoms with van der Waals surface area (Å²) >= 11 is 1.37. The molecular formula is C20H19N3O3S. The molecule has 7 heteroatoms. The molecule has 0 radical (unpaired) electrons. The lowest BCUT2D eigenvalue weighted by Gasteiger charge is -2.15.